The van der Waals surface area contributed by atoms with Crippen LogP contribution in [0.15, 0.2) is 18.2 Å². The summed E-state index contributed by atoms with van der Waals surface area (Å²) in [5.74, 6) is 7.37. The lowest BCUT2D eigenvalue weighted by Crippen LogP contribution is -2.14. The Bertz CT molecular complexity index is 451. The van der Waals surface area contributed by atoms with E-state index in [-0.39, 0.29) is 12.4 Å². The molecule has 0 bridgehead atoms. The van der Waals surface area contributed by atoms with Gasteiger partial charge in [0.15, 0.2) is 0 Å². The maximum atomic E-state index is 13.2. The van der Waals surface area contributed by atoms with Crippen LogP contribution in [-0.4, -0.2) is 43.0 Å². The van der Waals surface area contributed by atoms with Gasteiger partial charge in [-0.25, -0.2) is 4.39 Å². The Morgan fingerprint density at radius 3 is 2.84 bits per heavy atom. The van der Waals surface area contributed by atoms with Gasteiger partial charge in [0.1, 0.15) is 5.82 Å². The molecule has 0 unspecified atom stereocenters. The topological polar surface area (TPSA) is 23.5 Å². The van der Waals surface area contributed by atoms with Gasteiger partial charge in [0, 0.05) is 30.0 Å². The van der Waals surface area contributed by atoms with Crippen LogP contribution >= 0.6 is 11.8 Å². The number of hydrogen-bond donors (Lipinski definition) is 1. The highest BCUT2D eigenvalue weighted by atomic mass is 32.2. The number of aliphatic hydroxyl groups is 1. The standard InChI is InChI=1S/C15H20FNOS/c1-17(2)8-10-19-12-14-6-7-15(16)11-13(14)5-3-4-9-18/h6-7,11,18H,4,8-10,12H2,1-2H3. The highest BCUT2D eigenvalue weighted by Crippen LogP contribution is 2.17. The van der Waals surface area contributed by atoms with Crippen molar-refractivity contribution in [3.8, 4) is 11.8 Å². The molecule has 0 aliphatic rings. The first-order chi connectivity index (χ1) is 9.13. The van der Waals surface area contributed by atoms with Crippen molar-refractivity contribution in [3.63, 3.8) is 0 Å². The zero-order valence-electron chi connectivity index (χ0n) is 11.4. The monoisotopic (exact) mass is 281 g/mol. The minimum Gasteiger partial charge on any atom is -0.395 e. The van der Waals surface area contributed by atoms with Gasteiger partial charge in [-0.3, -0.25) is 0 Å². The number of nitrogens with zero attached hydrogens (tertiary/aromatic N) is 1. The molecule has 4 heteroatoms. The second-order valence-corrected chi connectivity index (χ2v) is 5.54. The molecule has 1 rings (SSSR count). The smallest absolute Gasteiger partial charge is 0.124 e. The molecule has 0 saturated carbocycles. The number of aliphatic hydroxyl groups excluding tert-OH is 1. The van der Waals surface area contributed by atoms with Crippen molar-refractivity contribution in [2.75, 3.05) is 33.0 Å². The van der Waals surface area contributed by atoms with Crippen molar-refractivity contribution < 1.29 is 9.50 Å². The van der Waals surface area contributed by atoms with Gasteiger partial charge in [-0.15, -0.1) is 0 Å². The molecule has 0 aliphatic carbocycles. The molecule has 0 radical (unpaired) electrons. The normalized spacial score (nSPS) is 10.4. The lowest BCUT2D eigenvalue weighted by molar-refractivity contribution is 0.305. The van der Waals surface area contributed by atoms with E-state index in [0.717, 1.165) is 29.2 Å². The molecule has 0 atom stereocenters. The van der Waals surface area contributed by atoms with Crippen LogP contribution in [0, 0.1) is 17.7 Å². The van der Waals surface area contributed by atoms with E-state index in [2.05, 4.69) is 16.7 Å². The van der Waals surface area contributed by atoms with Gasteiger partial charge in [0.2, 0.25) is 0 Å². The van der Waals surface area contributed by atoms with Gasteiger partial charge in [-0.1, -0.05) is 17.9 Å². The Kier molecular flexibility index (Phi) is 7.57. The fourth-order valence-electron chi connectivity index (χ4n) is 1.43. The third-order valence-electron chi connectivity index (χ3n) is 2.47. The third kappa shape index (κ3) is 6.63. The first-order valence-corrected chi connectivity index (χ1v) is 7.39. The summed E-state index contributed by atoms with van der Waals surface area (Å²) >= 11 is 1.81. The summed E-state index contributed by atoms with van der Waals surface area (Å²) in [7, 11) is 4.09. The number of hydrogen-bond acceptors (Lipinski definition) is 3. The summed E-state index contributed by atoms with van der Waals surface area (Å²) < 4.78 is 13.2. The average Bonchev–Trinajstić information content (AvgIpc) is 2.36. The first-order valence-electron chi connectivity index (χ1n) is 6.24. The number of rotatable bonds is 6. The summed E-state index contributed by atoms with van der Waals surface area (Å²) in [6.07, 6.45) is 0.420. The van der Waals surface area contributed by atoms with Gasteiger partial charge in [0.05, 0.1) is 6.61 Å². The minimum absolute atomic E-state index is 0.0369. The zero-order valence-corrected chi connectivity index (χ0v) is 12.3. The van der Waals surface area contributed by atoms with Crippen LogP contribution < -0.4 is 0 Å². The average molecular weight is 281 g/mol. The van der Waals surface area contributed by atoms with E-state index in [0.29, 0.717) is 6.42 Å². The largest absolute Gasteiger partial charge is 0.395 e. The molecule has 19 heavy (non-hydrogen) atoms. The highest BCUT2D eigenvalue weighted by molar-refractivity contribution is 7.98. The fraction of sp³-hybridized carbons (Fsp3) is 0.467. The SMILES string of the molecule is CN(C)CCSCc1ccc(F)cc1C#CCCO. The molecule has 0 fully saturated rings. The van der Waals surface area contributed by atoms with Crippen molar-refractivity contribution in [2.45, 2.75) is 12.2 Å². The molecule has 0 saturated heterocycles. The quantitative estimate of drug-likeness (QED) is 0.639. The molecule has 1 N–H and O–H groups in total. The van der Waals surface area contributed by atoms with Crippen molar-refractivity contribution in [3.05, 3.63) is 35.1 Å². The van der Waals surface area contributed by atoms with Crippen LogP contribution in [0.1, 0.15) is 17.5 Å². The van der Waals surface area contributed by atoms with E-state index < -0.39 is 0 Å². The molecular formula is C15H20FNOS. The summed E-state index contributed by atoms with van der Waals surface area (Å²) in [6.45, 7) is 1.06. The molecule has 0 aromatic heterocycles. The Morgan fingerprint density at radius 1 is 1.37 bits per heavy atom. The van der Waals surface area contributed by atoms with Crippen LogP contribution in [0.4, 0.5) is 4.39 Å². The number of benzene rings is 1. The maximum Gasteiger partial charge on any atom is 0.124 e. The maximum absolute atomic E-state index is 13.2. The van der Waals surface area contributed by atoms with Crippen molar-refractivity contribution >= 4 is 11.8 Å². The lowest BCUT2D eigenvalue weighted by atomic mass is 10.1. The molecule has 0 amide bonds. The lowest BCUT2D eigenvalue weighted by Gasteiger charge is -2.09. The summed E-state index contributed by atoms with van der Waals surface area (Å²) in [6, 6.07) is 4.73. The summed E-state index contributed by atoms with van der Waals surface area (Å²) in [5.41, 5.74) is 1.78. The van der Waals surface area contributed by atoms with E-state index in [4.69, 9.17) is 5.11 Å². The molecular weight excluding hydrogens is 261 g/mol. The molecule has 0 aliphatic heterocycles. The van der Waals surface area contributed by atoms with Gasteiger partial charge >= 0.3 is 0 Å². The second-order valence-electron chi connectivity index (χ2n) is 4.43. The van der Waals surface area contributed by atoms with Crippen LogP contribution in [-0.2, 0) is 5.75 Å². The van der Waals surface area contributed by atoms with Crippen LogP contribution in [0.2, 0.25) is 0 Å². The highest BCUT2D eigenvalue weighted by Gasteiger charge is 2.02. The van der Waals surface area contributed by atoms with E-state index in [9.17, 15) is 4.39 Å². The molecule has 2 nitrogen and oxygen atoms in total. The van der Waals surface area contributed by atoms with Crippen molar-refractivity contribution in [1.82, 2.24) is 4.90 Å². The van der Waals surface area contributed by atoms with Crippen LogP contribution in [0.3, 0.4) is 0 Å². The molecule has 104 valence electrons. The van der Waals surface area contributed by atoms with Crippen molar-refractivity contribution in [2.24, 2.45) is 0 Å². The third-order valence-corrected chi connectivity index (χ3v) is 3.46. The number of halogens is 1. The predicted octanol–water partition coefficient (Wildman–Crippen LogP) is 2.35. The van der Waals surface area contributed by atoms with E-state index in [1.807, 2.05) is 25.9 Å². The molecule has 0 heterocycles. The second kappa shape index (κ2) is 8.98. The van der Waals surface area contributed by atoms with E-state index >= 15 is 0 Å². The van der Waals surface area contributed by atoms with Gasteiger partial charge in [0.25, 0.3) is 0 Å². The zero-order chi connectivity index (χ0) is 14.1. The fourth-order valence-corrected chi connectivity index (χ4v) is 2.54. The Hall–Kier alpha value is -1.02. The van der Waals surface area contributed by atoms with Gasteiger partial charge in [-0.05, 0) is 31.8 Å². The Balaban J connectivity index is 2.64. The molecule has 1 aromatic carbocycles. The molecule has 1 aromatic rings. The minimum atomic E-state index is -0.268. The number of thioether (sulfide) groups is 1. The van der Waals surface area contributed by atoms with Crippen molar-refractivity contribution in [1.29, 1.82) is 0 Å². The van der Waals surface area contributed by atoms with Gasteiger partial charge in [-0.2, -0.15) is 11.8 Å². The Morgan fingerprint density at radius 2 is 2.16 bits per heavy atom. The van der Waals surface area contributed by atoms with Gasteiger partial charge < -0.3 is 10.0 Å². The van der Waals surface area contributed by atoms with Crippen LogP contribution in [0.5, 0.6) is 0 Å². The van der Waals surface area contributed by atoms with E-state index in [1.165, 1.54) is 12.1 Å². The summed E-state index contributed by atoms with van der Waals surface area (Å²) in [4.78, 5) is 2.14. The van der Waals surface area contributed by atoms with Crippen LogP contribution in [0.25, 0.3) is 0 Å². The first kappa shape index (κ1) is 16.0. The van der Waals surface area contributed by atoms with E-state index in [1.54, 1.807) is 6.07 Å². The Labute approximate surface area is 119 Å². The summed E-state index contributed by atoms with van der Waals surface area (Å²) in [5, 5.41) is 8.71. The molecule has 0 spiro atoms. The predicted molar refractivity (Wildman–Crippen MR) is 79.7 cm³/mol.